The first-order chi connectivity index (χ1) is 8.01. The summed E-state index contributed by atoms with van der Waals surface area (Å²) in [4.78, 5) is 10.6. The second-order valence-electron chi connectivity index (χ2n) is 3.88. The predicted octanol–water partition coefficient (Wildman–Crippen LogP) is 3.09. The molecule has 17 heavy (non-hydrogen) atoms. The molecule has 0 spiro atoms. The highest BCUT2D eigenvalue weighted by atomic mass is 35.5. The lowest BCUT2D eigenvalue weighted by molar-refractivity contribution is -0.388. The Bertz CT molecular complexity index is 409. The van der Waals surface area contributed by atoms with Gasteiger partial charge in [0.1, 0.15) is 5.69 Å². The van der Waals surface area contributed by atoms with Crippen molar-refractivity contribution in [2.24, 2.45) is 5.92 Å². The van der Waals surface area contributed by atoms with Crippen LogP contribution in [0, 0.1) is 23.0 Å². The van der Waals surface area contributed by atoms with E-state index in [4.69, 9.17) is 11.6 Å². The van der Waals surface area contributed by atoms with Gasteiger partial charge >= 0.3 is 5.69 Å². The van der Waals surface area contributed by atoms with Crippen LogP contribution in [0.5, 0.6) is 0 Å². The summed E-state index contributed by atoms with van der Waals surface area (Å²) in [7, 11) is 0. The quantitative estimate of drug-likeness (QED) is 0.347. The molecule has 1 aromatic heterocycles. The van der Waals surface area contributed by atoms with Gasteiger partial charge in [-0.2, -0.15) is 5.10 Å². The normalized spacial score (nSPS) is 12.7. The van der Waals surface area contributed by atoms with Gasteiger partial charge in [0.15, 0.2) is 5.03 Å². The molecular weight excluding hydrogens is 262 g/mol. The Balaban J connectivity index is 2.98. The molecule has 0 saturated heterocycles. The van der Waals surface area contributed by atoms with Gasteiger partial charge in [0.05, 0.1) is 4.92 Å². The van der Waals surface area contributed by atoms with E-state index in [1.807, 2.05) is 13.8 Å². The highest BCUT2D eigenvalue weighted by Crippen LogP contribution is 2.33. The maximum atomic E-state index is 11.0. The number of hydrogen-bond acceptors (Lipinski definition) is 4. The van der Waals surface area contributed by atoms with Gasteiger partial charge in [-0.1, -0.05) is 18.7 Å². The first-order valence-electron chi connectivity index (χ1n) is 5.41. The van der Waals surface area contributed by atoms with E-state index in [0.717, 1.165) is 5.75 Å². The van der Waals surface area contributed by atoms with Gasteiger partial charge in [0.25, 0.3) is 0 Å². The summed E-state index contributed by atoms with van der Waals surface area (Å²) in [6, 6.07) is 0. The number of aromatic nitrogens is 2. The molecule has 96 valence electrons. The van der Waals surface area contributed by atoms with E-state index in [2.05, 4.69) is 5.10 Å². The molecule has 5 nitrogen and oxygen atoms in total. The summed E-state index contributed by atoms with van der Waals surface area (Å²) in [5, 5.41) is 15.8. The molecule has 0 N–H and O–H groups in total. The first-order valence-corrected chi connectivity index (χ1v) is 6.93. The van der Waals surface area contributed by atoms with Crippen molar-refractivity contribution in [3.8, 4) is 0 Å². The molecule has 0 aliphatic rings. The number of rotatable bonds is 6. The Morgan fingerprint density at radius 3 is 2.76 bits per heavy atom. The van der Waals surface area contributed by atoms with Crippen LogP contribution in [0.2, 0.25) is 0 Å². The summed E-state index contributed by atoms with van der Waals surface area (Å²) in [6.45, 7) is 6.24. The van der Waals surface area contributed by atoms with Gasteiger partial charge in [0, 0.05) is 18.2 Å². The van der Waals surface area contributed by atoms with Gasteiger partial charge in [-0.3, -0.25) is 14.8 Å². The van der Waals surface area contributed by atoms with E-state index < -0.39 is 0 Å². The molecule has 1 atom stereocenters. The molecule has 0 radical (unpaired) electrons. The minimum Gasteiger partial charge on any atom is -0.258 e. The Labute approximate surface area is 110 Å². The average Bonchev–Trinajstić information content (AvgIpc) is 2.62. The van der Waals surface area contributed by atoms with Gasteiger partial charge in [-0.05, 0) is 19.8 Å². The van der Waals surface area contributed by atoms with E-state index in [0.29, 0.717) is 29.1 Å². The molecular formula is C10H16ClN3O2S. The monoisotopic (exact) mass is 277 g/mol. The molecule has 1 rings (SSSR count). The zero-order valence-electron chi connectivity index (χ0n) is 10.1. The molecule has 1 unspecified atom stereocenters. The SMILES string of the molecule is CCn1nc(C)c([N+](=O)[O-])c1SCC(C)CCl. The summed E-state index contributed by atoms with van der Waals surface area (Å²) < 4.78 is 1.68. The third-order valence-electron chi connectivity index (χ3n) is 2.30. The number of alkyl halides is 1. The predicted molar refractivity (Wildman–Crippen MR) is 69.9 cm³/mol. The van der Waals surface area contributed by atoms with Crippen LogP contribution >= 0.6 is 23.4 Å². The van der Waals surface area contributed by atoms with Crippen molar-refractivity contribution >= 4 is 29.1 Å². The minimum absolute atomic E-state index is 0.124. The number of thioether (sulfide) groups is 1. The minimum atomic E-state index is -0.359. The summed E-state index contributed by atoms with van der Waals surface area (Å²) in [6.07, 6.45) is 0. The van der Waals surface area contributed by atoms with E-state index in [1.54, 1.807) is 11.6 Å². The molecule has 0 aliphatic heterocycles. The van der Waals surface area contributed by atoms with E-state index in [-0.39, 0.29) is 10.6 Å². The fourth-order valence-corrected chi connectivity index (χ4v) is 2.86. The fourth-order valence-electron chi connectivity index (χ4n) is 1.38. The van der Waals surface area contributed by atoms with E-state index in [1.165, 1.54) is 11.8 Å². The van der Waals surface area contributed by atoms with Crippen LogP contribution in [0.4, 0.5) is 5.69 Å². The molecule has 1 heterocycles. The van der Waals surface area contributed by atoms with Crippen molar-refractivity contribution in [2.45, 2.75) is 32.3 Å². The van der Waals surface area contributed by atoms with Crippen molar-refractivity contribution in [3.63, 3.8) is 0 Å². The smallest absolute Gasteiger partial charge is 0.258 e. The lowest BCUT2D eigenvalue weighted by atomic mass is 10.3. The molecule has 0 aliphatic carbocycles. The molecule has 1 aromatic rings. The number of aryl methyl sites for hydroxylation is 2. The van der Waals surface area contributed by atoms with Crippen LogP contribution in [-0.4, -0.2) is 26.3 Å². The number of hydrogen-bond donors (Lipinski definition) is 0. The molecule has 0 saturated carbocycles. The zero-order chi connectivity index (χ0) is 13.0. The highest BCUT2D eigenvalue weighted by molar-refractivity contribution is 7.99. The molecule has 0 aromatic carbocycles. The van der Waals surface area contributed by atoms with Crippen LogP contribution in [0.3, 0.4) is 0 Å². The van der Waals surface area contributed by atoms with Crippen molar-refractivity contribution < 1.29 is 4.92 Å². The number of halogens is 1. The third kappa shape index (κ3) is 3.35. The second kappa shape index (κ2) is 6.26. The molecule has 7 heteroatoms. The summed E-state index contributed by atoms with van der Waals surface area (Å²) in [5.41, 5.74) is 0.594. The largest absolute Gasteiger partial charge is 0.323 e. The average molecular weight is 278 g/mol. The Morgan fingerprint density at radius 2 is 2.29 bits per heavy atom. The Morgan fingerprint density at radius 1 is 1.65 bits per heavy atom. The Kier molecular flexibility index (Phi) is 5.27. The van der Waals surface area contributed by atoms with Gasteiger partial charge in [-0.25, -0.2) is 0 Å². The van der Waals surface area contributed by atoms with E-state index >= 15 is 0 Å². The maximum Gasteiger partial charge on any atom is 0.323 e. The number of nitro groups is 1. The van der Waals surface area contributed by atoms with Crippen molar-refractivity contribution in [2.75, 3.05) is 11.6 Å². The third-order valence-corrected chi connectivity index (χ3v) is 4.24. The first kappa shape index (κ1) is 14.3. The van der Waals surface area contributed by atoms with Gasteiger partial charge in [-0.15, -0.1) is 11.6 Å². The molecule has 0 amide bonds. The van der Waals surface area contributed by atoms with Crippen molar-refractivity contribution in [1.29, 1.82) is 0 Å². The van der Waals surface area contributed by atoms with Gasteiger partial charge in [0.2, 0.25) is 0 Å². The molecule has 0 bridgehead atoms. The van der Waals surface area contributed by atoms with Crippen molar-refractivity contribution in [1.82, 2.24) is 9.78 Å². The summed E-state index contributed by atoms with van der Waals surface area (Å²) in [5.74, 6) is 1.64. The van der Waals surface area contributed by atoms with Gasteiger partial charge < -0.3 is 0 Å². The highest BCUT2D eigenvalue weighted by Gasteiger charge is 2.25. The van der Waals surface area contributed by atoms with Crippen LogP contribution in [0.1, 0.15) is 19.5 Å². The molecule has 0 fully saturated rings. The zero-order valence-corrected chi connectivity index (χ0v) is 11.7. The van der Waals surface area contributed by atoms with Crippen LogP contribution in [0.25, 0.3) is 0 Å². The fraction of sp³-hybridized carbons (Fsp3) is 0.700. The lowest BCUT2D eigenvalue weighted by Gasteiger charge is -2.07. The topological polar surface area (TPSA) is 61.0 Å². The van der Waals surface area contributed by atoms with Crippen LogP contribution in [0.15, 0.2) is 5.03 Å². The van der Waals surface area contributed by atoms with Crippen LogP contribution in [-0.2, 0) is 6.54 Å². The lowest BCUT2D eigenvalue weighted by Crippen LogP contribution is -2.04. The van der Waals surface area contributed by atoms with Crippen molar-refractivity contribution in [3.05, 3.63) is 15.8 Å². The maximum absolute atomic E-state index is 11.0. The van der Waals surface area contributed by atoms with E-state index in [9.17, 15) is 10.1 Å². The standard InChI is InChI=1S/C10H16ClN3O2S/c1-4-13-10(17-6-7(2)5-11)9(14(15)16)8(3)12-13/h7H,4-6H2,1-3H3. The summed E-state index contributed by atoms with van der Waals surface area (Å²) >= 11 is 7.18. The second-order valence-corrected chi connectivity index (χ2v) is 5.20. The Hall–Kier alpha value is -0.750. The number of nitrogens with zero attached hydrogens (tertiary/aromatic N) is 3. The van der Waals surface area contributed by atoms with Crippen LogP contribution < -0.4 is 0 Å².